The molecule has 0 heterocycles. The highest BCUT2D eigenvalue weighted by atomic mass is 16.5. The van der Waals surface area contributed by atoms with Gasteiger partial charge in [-0.1, -0.05) is 0 Å². The average molecular weight is 290 g/mol. The zero-order valence-electron chi connectivity index (χ0n) is 12.6. The number of methoxy groups -OCH3 is 2. The van der Waals surface area contributed by atoms with Crippen molar-refractivity contribution in [1.82, 2.24) is 10.6 Å². The van der Waals surface area contributed by atoms with E-state index in [0.29, 0.717) is 26.4 Å². The quantitative estimate of drug-likeness (QED) is 0.379. The lowest BCUT2D eigenvalue weighted by Gasteiger charge is -2.16. The lowest BCUT2D eigenvalue weighted by atomic mass is 10.2. The Bertz CT molecular complexity index is 273. The summed E-state index contributed by atoms with van der Waals surface area (Å²) < 4.78 is 14.8. The number of ether oxygens (including phenoxy) is 3. The zero-order valence-corrected chi connectivity index (χ0v) is 12.6. The highest BCUT2D eigenvalue weighted by Crippen LogP contribution is 1.91. The van der Waals surface area contributed by atoms with Gasteiger partial charge in [-0.3, -0.25) is 4.79 Å². The van der Waals surface area contributed by atoms with Crippen molar-refractivity contribution in [2.24, 2.45) is 0 Å². The predicted octanol–water partition coefficient (Wildman–Crippen LogP) is -0.303. The van der Waals surface area contributed by atoms with Crippen LogP contribution in [0.2, 0.25) is 0 Å². The van der Waals surface area contributed by atoms with Gasteiger partial charge in [-0.25, -0.2) is 4.79 Å². The van der Waals surface area contributed by atoms with E-state index in [2.05, 4.69) is 15.4 Å². The third kappa shape index (κ3) is 10.7. The van der Waals surface area contributed by atoms with E-state index in [9.17, 15) is 9.59 Å². The molecule has 0 aliphatic carbocycles. The second-order valence-corrected chi connectivity index (χ2v) is 4.29. The Balaban J connectivity index is 3.58. The lowest BCUT2D eigenvalue weighted by Crippen LogP contribution is -2.47. The number of hydrogen-bond acceptors (Lipinski definition) is 6. The highest BCUT2D eigenvalue weighted by molar-refractivity contribution is 5.83. The van der Waals surface area contributed by atoms with E-state index in [-0.39, 0.29) is 5.91 Å². The first kappa shape index (κ1) is 18.8. The molecule has 0 fully saturated rings. The standard InChI is InChI=1S/C13H26N2O5/c1-11(16)15-12(13(17)19-3)10-14-6-4-5-7-20-9-8-18-2/h12,14H,4-10H2,1-3H3,(H,15,16). The van der Waals surface area contributed by atoms with Gasteiger partial charge >= 0.3 is 5.97 Å². The Labute approximate surface area is 120 Å². The van der Waals surface area contributed by atoms with Gasteiger partial charge in [-0.15, -0.1) is 0 Å². The van der Waals surface area contributed by atoms with Gasteiger partial charge in [-0.05, 0) is 19.4 Å². The number of carbonyl (C=O) groups excluding carboxylic acids is 2. The fourth-order valence-electron chi connectivity index (χ4n) is 1.53. The van der Waals surface area contributed by atoms with Crippen LogP contribution >= 0.6 is 0 Å². The molecule has 0 aromatic carbocycles. The molecule has 0 rings (SSSR count). The topological polar surface area (TPSA) is 85.9 Å². The molecule has 0 aromatic rings. The van der Waals surface area contributed by atoms with Crippen molar-refractivity contribution in [2.45, 2.75) is 25.8 Å². The van der Waals surface area contributed by atoms with Crippen LogP contribution in [0.4, 0.5) is 0 Å². The maximum atomic E-state index is 11.4. The first-order valence-electron chi connectivity index (χ1n) is 6.74. The molecule has 2 N–H and O–H groups in total. The van der Waals surface area contributed by atoms with Crippen molar-refractivity contribution in [1.29, 1.82) is 0 Å². The third-order valence-corrected chi connectivity index (χ3v) is 2.54. The summed E-state index contributed by atoms with van der Waals surface area (Å²) in [6.07, 6.45) is 1.86. The predicted molar refractivity (Wildman–Crippen MR) is 74.4 cm³/mol. The van der Waals surface area contributed by atoms with Crippen LogP contribution in [-0.2, 0) is 23.8 Å². The minimum Gasteiger partial charge on any atom is -0.467 e. The summed E-state index contributed by atoms with van der Waals surface area (Å²) in [6, 6.07) is -0.643. The number of nitrogens with one attached hydrogen (secondary N) is 2. The van der Waals surface area contributed by atoms with E-state index >= 15 is 0 Å². The molecule has 0 aliphatic heterocycles. The highest BCUT2D eigenvalue weighted by Gasteiger charge is 2.19. The SMILES string of the molecule is COCCOCCCCNCC(NC(C)=O)C(=O)OC. The molecule has 20 heavy (non-hydrogen) atoms. The number of hydrogen-bond donors (Lipinski definition) is 2. The Morgan fingerprint density at radius 1 is 1.10 bits per heavy atom. The van der Waals surface area contributed by atoms with Crippen molar-refractivity contribution < 1.29 is 23.8 Å². The first-order valence-corrected chi connectivity index (χ1v) is 6.74. The van der Waals surface area contributed by atoms with Gasteiger partial charge in [0.2, 0.25) is 5.91 Å². The molecule has 118 valence electrons. The van der Waals surface area contributed by atoms with E-state index in [1.54, 1.807) is 7.11 Å². The van der Waals surface area contributed by atoms with Crippen molar-refractivity contribution >= 4 is 11.9 Å². The Morgan fingerprint density at radius 2 is 1.85 bits per heavy atom. The molecule has 1 unspecified atom stereocenters. The largest absolute Gasteiger partial charge is 0.467 e. The number of carbonyl (C=O) groups is 2. The maximum absolute atomic E-state index is 11.4. The lowest BCUT2D eigenvalue weighted by molar-refractivity contribution is -0.144. The van der Waals surface area contributed by atoms with Crippen molar-refractivity contribution in [3.8, 4) is 0 Å². The van der Waals surface area contributed by atoms with Gasteiger partial charge in [0.15, 0.2) is 0 Å². The van der Waals surface area contributed by atoms with Crippen LogP contribution < -0.4 is 10.6 Å². The zero-order chi connectivity index (χ0) is 15.2. The van der Waals surface area contributed by atoms with Crippen molar-refractivity contribution in [2.75, 3.05) is 47.1 Å². The Hall–Kier alpha value is -1.18. The second kappa shape index (κ2) is 12.8. The van der Waals surface area contributed by atoms with Gasteiger partial charge in [0.1, 0.15) is 6.04 Å². The number of amides is 1. The van der Waals surface area contributed by atoms with Gasteiger partial charge in [-0.2, -0.15) is 0 Å². The minimum atomic E-state index is -0.643. The Kier molecular flexibility index (Phi) is 12.1. The van der Waals surface area contributed by atoms with Crippen LogP contribution in [0.3, 0.4) is 0 Å². The van der Waals surface area contributed by atoms with Crippen molar-refractivity contribution in [3.05, 3.63) is 0 Å². The Morgan fingerprint density at radius 3 is 2.45 bits per heavy atom. The fourth-order valence-corrected chi connectivity index (χ4v) is 1.53. The summed E-state index contributed by atoms with van der Waals surface area (Å²) in [5.41, 5.74) is 0. The summed E-state index contributed by atoms with van der Waals surface area (Å²) >= 11 is 0. The summed E-state index contributed by atoms with van der Waals surface area (Å²) in [5, 5.41) is 5.65. The summed E-state index contributed by atoms with van der Waals surface area (Å²) in [7, 11) is 2.94. The van der Waals surface area contributed by atoms with Gasteiger partial charge in [0, 0.05) is 27.2 Å². The van der Waals surface area contributed by atoms with E-state index < -0.39 is 12.0 Å². The molecular weight excluding hydrogens is 264 g/mol. The maximum Gasteiger partial charge on any atom is 0.329 e. The van der Waals surface area contributed by atoms with Crippen LogP contribution in [0.1, 0.15) is 19.8 Å². The summed E-state index contributed by atoms with van der Waals surface area (Å²) in [6.45, 7) is 4.38. The van der Waals surface area contributed by atoms with Gasteiger partial charge in [0.25, 0.3) is 0 Å². The molecule has 1 amide bonds. The van der Waals surface area contributed by atoms with E-state index in [4.69, 9.17) is 9.47 Å². The second-order valence-electron chi connectivity index (χ2n) is 4.29. The molecule has 0 aliphatic rings. The van der Waals surface area contributed by atoms with E-state index in [1.807, 2.05) is 0 Å². The molecule has 0 spiro atoms. The number of unbranched alkanes of at least 4 members (excludes halogenated alkanes) is 1. The molecule has 1 atom stereocenters. The van der Waals surface area contributed by atoms with Crippen LogP contribution in [0, 0.1) is 0 Å². The molecule has 0 saturated heterocycles. The van der Waals surface area contributed by atoms with Crippen LogP contribution in [0.5, 0.6) is 0 Å². The van der Waals surface area contributed by atoms with Crippen LogP contribution in [0.15, 0.2) is 0 Å². The molecule has 7 heteroatoms. The molecular formula is C13H26N2O5. The smallest absolute Gasteiger partial charge is 0.329 e. The first-order chi connectivity index (χ1) is 9.61. The van der Waals surface area contributed by atoms with Crippen LogP contribution in [-0.4, -0.2) is 65.0 Å². The molecule has 0 bridgehead atoms. The monoisotopic (exact) mass is 290 g/mol. The van der Waals surface area contributed by atoms with Crippen LogP contribution in [0.25, 0.3) is 0 Å². The minimum absolute atomic E-state index is 0.256. The molecule has 0 saturated carbocycles. The van der Waals surface area contributed by atoms with Crippen molar-refractivity contribution in [3.63, 3.8) is 0 Å². The van der Waals surface area contributed by atoms with E-state index in [1.165, 1.54) is 14.0 Å². The van der Waals surface area contributed by atoms with Gasteiger partial charge < -0.3 is 24.8 Å². The summed E-state index contributed by atoms with van der Waals surface area (Å²) in [4.78, 5) is 22.4. The normalized spacial score (nSPS) is 11.9. The molecule has 0 radical (unpaired) electrons. The van der Waals surface area contributed by atoms with E-state index in [0.717, 1.165) is 19.4 Å². The number of rotatable bonds is 12. The molecule has 7 nitrogen and oxygen atoms in total. The fraction of sp³-hybridized carbons (Fsp3) is 0.846. The number of esters is 1. The third-order valence-electron chi connectivity index (χ3n) is 2.54. The summed E-state index contributed by atoms with van der Waals surface area (Å²) in [5.74, 6) is -0.704. The average Bonchev–Trinajstić information content (AvgIpc) is 2.43. The molecule has 0 aromatic heterocycles. The van der Waals surface area contributed by atoms with Gasteiger partial charge in [0.05, 0.1) is 20.3 Å².